The quantitative estimate of drug-likeness (QED) is 0.816. The Bertz CT molecular complexity index is 393. The van der Waals surface area contributed by atoms with Crippen molar-refractivity contribution in [1.82, 2.24) is 5.32 Å². The van der Waals surface area contributed by atoms with Crippen LogP contribution in [-0.4, -0.2) is 11.9 Å². The largest absolute Gasteiger partial charge is 0.368 e. The van der Waals surface area contributed by atoms with Crippen LogP contribution in [-0.2, 0) is 4.79 Å². The molecular formula is C14H20N2O. The lowest BCUT2D eigenvalue weighted by Crippen LogP contribution is -2.34. The number of nitrogens with one attached hydrogen (secondary N) is 1. The first-order valence-corrected chi connectivity index (χ1v) is 6.23. The topological polar surface area (TPSA) is 55.1 Å². The van der Waals surface area contributed by atoms with E-state index in [4.69, 9.17) is 5.73 Å². The highest BCUT2D eigenvalue weighted by Gasteiger charge is 2.28. The van der Waals surface area contributed by atoms with E-state index in [-0.39, 0.29) is 11.9 Å². The average molecular weight is 232 g/mol. The zero-order valence-corrected chi connectivity index (χ0v) is 10.4. The molecule has 17 heavy (non-hydrogen) atoms. The highest BCUT2D eigenvalue weighted by molar-refractivity contribution is 5.81. The van der Waals surface area contributed by atoms with Crippen LogP contribution >= 0.6 is 0 Å². The summed E-state index contributed by atoms with van der Waals surface area (Å²) in [6.07, 6.45) is 2.29. The van der Waals surface area contributed by atoms with Crippen molar-refractivity contribution in [3.8, 4) is 0 Å². The highest BCUT2D eigenvalue weighted by Crippen LogP contribution is 2.25. The van der Waals surface area contributed by atoms with E-state index in [1.165, 1.54) is 5.56 Å². The Hall–Kier alpha value is -1.35. The Morgan fingerprint density at radius 3 is 2.18 bits per heavy atom. The number of nitrogens with two attached hydrogens (primary N) is 1. The first-order chi connectivity index (χ1) is 8.08. The van der Waals surface area contributed by atoms with Crippen molar-refractivity contribution in [2.45, 2.75) is 44.7 Å². The lowest BCUT2D eigenvalue weighted by Gasteiger charge is -2.16. The summed E-state index contributed by atoms with van der Waals surface area (Å²) < 4.78 is 0. The van der Waals surface area contributed by atoms with E-state index in [0.29, 0.717) is 12.0 Å². The van der Waals surface area contributed by atoms with Crippen molar-refractivity contribution in [2.75, 3.05) is 0 Å². The van der Waals surface area contributed by atoms with Gasteiger partial charge in [0.15, 0.2) is 0 Å². The van der Waals surface area contributed by atoms with Crippen LogP contribution in [0.2, 0.25) is 0 Å². The fourth-order valence-corrected chi connectivity index (χ4v) is 1.90. The zero-order valence-electron chi connectivity index (χ0n) is 10.4. The van der Waals surface area contributed by atoms with Gasteiger partial charge in [-0.2, -0.15) is 0 Å². The van der Waals surface area contributed by atoms with E-state index in [1.54, 1.807) is 0 Å². The number of benzene rings is 1. The van der Waals surface area contributed by atoms with Gasteiger partial charge in [0, 0.05) is 6.04 Å². The van der Waals surface area contributed by atoms with Crippen LogP contribution in [0.15, 0.2) is 24.3 Å². The Balaban J connectivity index is 2.14. The third kappa shape index (κ3) is 3.07. The van der Waals surface area contributed by atoms with Crippen LogP contribution in [0.3, 0.4) is 0 Å². The van der Waals surface area contributed by atoms with Crippen molar-refractivity contribution in [3.05, 3.63) is 35.4 Å². The summed E-state index contributed by atoms with van der Waals surface area (Å²) >= 11 is 0. The van der Waals surface area contributed by atoms with Crippen molar-refractivity contribution < 1.29 is 4.79 Å². The first kappa shape index (κ1) is 12.1. The number of amides is 1. The molecule has 3 N–H and O–H groups in total. The molecule has 3 nitrogen and oxygen atoms in total. The summed E-state index contributed by atoms with van der Waals surface area (Å²) in [6, 6.07) is 8.27. The molecule has 1 aromatic carbocycles. The molecule has 0 bridgehead atoms. The molecule has 1 amide bonds. The van der Waals surface area contributed by atoms with Gasteiger partial charge in [-0.3, -0.25) is 10.1 Å². The minimum Gasteiger partial charge on any atom is -0.368 e. The second-order valence-electron chi connectivity index (χ2n) is 5.10. The minimum atomic E-state index is -0.344. The van der Waals surface area contributed by atoms with E-state index < -0.39 is 0 Å². The third-order valence-electron chi connectivity index (χ3n) is 3.20. The molecule has 0 aromatic heterocycles. The molecule has 0 aliphatic heterocycles. The molecule has 92 valence electrons. The lowest BCUT2D eigenvalue weighted by molar-refractivity contribution is -0.120. The fraction of sp³-hybridized carbons (Fsp3) is 0.500. The van der Waals surface area contributed by atoms with Gasteiger partial charge in [0.2, 0.25) is 5.91 Å². The number of hydrogen-bond acceptors (Lipinski definition) is 2. The molecule has 0 radical (unpaired) electrons. The van der Waals surface area contributed by atoms with Gasteiger partial charge >= 0.3 is 0 Å². The molecule has 2 rings (SSSR count). The summed E-state index contributed by atoms with van der Waals surface area (Å²) in [5.41, 5.74) is 7.69. The van der Waals surface area contributed by atoms with Crippen molar-refractivity contribution >= 4 is 5.91 Å². The van der Waals surface area contributed by atoms with Gasteiger partial charge in [0.1, 0.15) is 6.04 Å². The minimum absolute atomic E-state index is 0.297. The van der Waals surface area contributed by atoms with Crippen molar-refractivity contribution in [1.29, 1.82) is 0 Å². The van der Waals surface area contributed by atoms with Crippen LogP contribution in [0.1, 0.15) is 49.8 Å². The van der Waals surface area contributed by atoms with Gasteiger partial charge in [0.05, 0.1) is 0 Å². The number of rotatable bonds is 5. The monoisotopic (exact) mass is 232 g/mol. The molecular weight excluding hydrogens is 212 g/mol. The van der Waals surface area contributed by atoms with Crippen LogP contribution < -0.4 is 11.1 Å². The molecule has 3 heteroatoms. The smallest absolute Gasteiger partial charge is 0.239 e. The molecule has 1 fully saturated rings. The third-order valence-corrected chi connectivity index (χ3v) is 3.20. The van der Waals surface area contributed by atoms with Gasteiger partial charge < -0.3 is 5.73 Å². The van der Waals surface area contributed by atoms with Crippen LogP contribution in [0, 0.1) is 0 Å². The Morgan fingerprint density at radius 2 is 1.76 bits per heavy atom. The summed E-state index contributed by atoms with van der Waals surface area (Å²) in [6.45, 7) is 4.31. The summed E-state index contributed by atoms with van der Waals surface area (Å²) in [5.74, 6) is 0.210. The Kier molecular flexibility index (Phi) is 3.48. The van der Waals surface area contributed by atoms with E-state index in [9.17, 15) is 4.79 Å². The average Bonchev–Trinajstić information content (AvgIpc) is 3.09. The van der Waals surface area contributed by atoms with Crippen molar-refractivity contribution in [3.63, 3.8) is 0 Å². The zero-order chi connectivity index (χ0) is 12.4. The normalized spacial score (nSPS) is 17.1. The molecule has 1 aliphatic carbocycles. The lowest BCUT2D eigenvalue weighted by atomic mass is 9.99. The molecule has 0 spiro atoms. The molecule has 0 saturated heterocycles. The van der Waals surface area contributed by atoms with Crippen molar-refractivity contribution in [2.24, 2.45) is 5.73 Å². The standard InChI is InChI=1S/C14H20N2O/c1-9(2)10-3-5-11(6-4-10)13(14(15)17)16-12-7-8-12/h3-6,9,12-13,16H,7-8H2,1-2H3,(H2,15,17). The van der Waals surface area contributed by atoms with Crippen LogP contribution in [0.25, 0.3) is 0 Å². The fourth-order valence-electron chi connectivity index (χ4n) is 1.90. The summed E-state index contributed by atoms with van der Waals surface area (Å²) in [4.78, 5) is 11.4. The van der Waals surface area contributed by atoms with E-state index in [2.05, 4.69) is 31.3 Å². The Labute approximate surface area is 102 Å². The number of carbonyl (C=O) groups is 1. The van der Waals surface area contributed by atoms with Crippen LogP contribution in [0.4, 0.5) is 0 Å². The maximum Gasteiger partial charge on any atom is 0.239 e. The molecule has 1 unspecified atom stereocenters. The Morgan fingerprint density at radius 1 is 1.24 bits per heavy atom. The van der Waals surface area contributed by atoms with Gasteiger partial charge in [0.25, 0.3) is 0 Å². The second kappa shape index (κ2) is 4.88. The predicted octanol–water partition coefficient (Wildman–Crippen LogP) is 2.09. The summed E-state index contributed by atoms with van der Waals surface area (Å²) in [5, 5.41) is 3.28. The van der Waals surface area contributed by atoms with E-state index in [1.807, 2.05) is 12.1 Å². The van der Waals surface area contributed by atoms with Gasteiger partial charge in [-0.05, 0) is 29.9 Å². The van der Waals surface area contributed by atoms with E-state index in [0.717, 1.165) is 18.4 Å². The molecule has 1 atom stereocenters. The number of primary amides is 1. The number of hydrogen-bond donors (Lipinski definition) is 2. The molecule has 1 aliphatic rings. The SMILES string of the molecule is CC(C)c1ccc(C(NC2CC2)C(N)=O)cc1. The molecule has 1 aromatic rings. The van der Waals surface area contributed by atoms with Gasteiger partial charge in [-0.15, -0.1) is 0 Å². The number of carbonyl (C=O) groups excluding carboxylic acids is 1. The highest BCUT2D eigenvalue weighted by atomic mass is 16.1. The molecule has 0 heterocycles. The maximum atomic E-state index is 11.4. The van der Waals surface area contributed by atoms with Crippen LogP contribution in [0.5, 0.6) is 0 Å². The molecule has 1 saturated carbocycles. The second-order valence-corrected chi connectivity index (χ2v) is 5.10. The predicted molar refractivity (Wildman–Crippen MR) is 68.6 cm³/mol. The van der Waals surface area contributed by atoms with Gasteiger partial charge in [-0.1, -0.05) is 38.1 Å². The van der Waals surface area contributed by atoms with Gasteiger partial charge in [-0.25, -0.2) is 0 Å². The summed E-state index contributed by atoms with van der Waals surface area (Å²) in [7, 11) is 0. The van der Waals surface area contributed by atoms with E-state index >= 15 is 0 Å². The maximum absolute atomic E-state index is 11.4. The first-order valence-electron chi connectivity index (χ1n) is 6.23.